The summed E-state index contributed by atoms with van der Waals surface area (Å²) in [6, 6.07) is 4.06. The SMILES string of the molecule is Cc1noc(-c2ccc(N3CCCC(c4nccn4CC4CC4)C3)nc2)n1. The Labute approximate surface area is 158 Å². The highest BCUT2D eigenvalue weighted by Crippen LogP contribution is 2.33. The van der Waals surface area contributed by atoms with Gasteiger partial charge in [-0.25, -0.2) is 9.97 Å². The van der Waals surface area contributed by atoms with Crippen molar-refractivity contribution < 1.29 is 4.52 Å². The number of anilines is 1. The molecule has 1 atom stereocenters. The van der Waals surface area contributed by atoms with Crippen LogP contribution in [0.15, 0.2) is 35.2 Å². The Morgan fingerprint density at radius 3 is 2.85 bits per heavy atom. The quantitative estimate of drug-likeness (QED) is 0.691. The fourth-order valence-electron chi connectivity index (χ4n) is 3.92. The van der Waals surface area contributed by atoms with Crippen LogP contribution in [-0.2, 0) is 6.54 Å². The zero-order chi connectivity index (χ0) is 18.2. The number of aromatic nitrogens is 5. The summed E-state index contributed by atoms with van der Waals surface area (Å²) in [5.74, 6) is 4.72. The molecule has 2 fully saturated rings. The third-order valence-electron chi connectivity index (χ3n) is 5.53. The standard InChI is InChI=1S/C20H24N6O/c1-14-23-20(27-24-14)16-6-7-18(22-11-16)25-9-2-3-17(13-25)19-21-8-10-26(19)12-15-4-5-15/h6-8,10-11,15,17H,2-5,9,12-13H2,1H3. The van der Waals surface area contributed by atoms with E-state index in [0.717, 1.165) is 43.4 Å². The van der Waals surface area contributed by atoms with Gasteiger partial charge in [0.25, 0.3) is 5.89 Å². The highest BCUT2D eigenvalue weighted by molar-refractivity contribution is 5.54. The molecule has 0 bridgehead atoms. The number of nitrogens with zero attached hydrogens (tertiary/aromatic N) is 6. The Balaban J connectivity index is 1.31. The normalized spacial score (nSPS) is 20.2. The number of piperidine rings is 1. The minimum absolute atomic E-state index is 0.465. The van der Waals surface area contributed by atoms with Crippen molar-refractivity contribution in [2.24, 2.45) is 5.92 Å². The molecule has 3 aromatic rings. The van der Waals surface area contributed by atoms with Crippen molar-refractivity contribution in [2.45, 2.75) is 45.1 Å². The van der Waals surface area contributed by atoms with E-state index >= 15 is 0 Å². The van der Waals surface area contributed by atoms with Crippen LogP contribution in [0, 0.1) is 12.8 Å². The molecular formula is C20H24N6O. The van der Waals surface area contributed by atoms with E-state index in [-0.39, 0.29) is 0 Å². The maximum Gasteiger partial charge on any atom is 0.259 e. The summed E-state index contributed by atoms with van der Waals surface area (Å²) in [7, 11) is 0. The predicted molar refractivity (Wildman–Crippen MR) is 101 cm³/mol. The lowest BCUT2D eigenvalue weighted by Crippen LogP contribution is -2.36. The second-order valence-electron chi connectivity index (χ2n) is 7.72. The van der Waals surface area contributed by atoms with Gasteiger partial charge < -0.3 is 14.0 Å². The molecule has 7 nitrogen and oxygen atoms in total. The minimum atomic E-state index is 0.465. The summed E-state index contributed by atoms with van der Waals surface area (Å²) in [5, 5.41) is 3.84. The lowest BCUT2D eigenvalue weighted by atomic mass is 9.97. The zero-order valence-corrected chi connectivity index (χ0v) is 15.6. The second-order valence-corrected chi connectivity index (χ2v) is 7.72. The van der Waals surface area contributed by atoms with Gasteiger partial charge in [-0.15, -0.1) is 0 Å². The fraction of sp³-hybridized carbons (Fsp3) is 0.500. The van der Waals surface area contributed by atoms with Gasteiger partial charge >= 0.3 is 0 Å². The first-order valence-corrected chi connectivity index (χ1v) is 9.79. The van der Waals surface area contributed by atoms with Crippen LogP contribution < -0.4 is 4.90 Å². The first-order valence-electron chi connectivity index (χ1n) is 9.79. The number of hydrogen-bond acceptors (Lipinski definition) is 6. The molecule has 140 valence electrons. The first kappa shape index (κ1) is 16.5. The average Bonchev–Trinajstić information content (AvgIpc) is 3.21. The number of imidazole rings is 1. The highest BCUT2D eigenvalue weighted by Gasteiger charge is 2.28. The summed E-state index contributed by atoms with van der Waals surface area (Å²) in [5.41, 5.74) is 0.855. The van der Waals surface area contributed by atoms with E-state index in [1.165, 1.54) is 25.1 Å². The van der Waals surface area contributed by atoms with E-state index in [9.17, 15) is 0 Å². The molecule has 1 aliphatic carbocycles. The maximum atomic E-state index is 5.23. The molecule has 1 unspecified atom stereocenters. The Morgan fingerprint density at radius 2 is 2.11 bits per heavy atom. The van der Waals surface area contributed by atoms with Crippen LogP contribution in [0.2, 0.25) is 0 Å². The molecule has 1 aliphatic heterocycles. The molecule has 27 heavy (non-hydrogen) atoms. The molecular weight excluding hydrogens is 340 g/mol. The molecule has 7 heteroatoms. The number of pyridine rings is 1. The van der Waals surface area contributed by atoms with Crippen LogP contribution in [0.4, 0.5) is 5.82 Å². The van der Waals surface area contributed by atoms with E-state index in [0.29, 0.717) is 17.6 Å². The second kappa shape index (κ2) is 6.79. The fourth-order valence-corrected chi connectivity index (χ4v) is 3.92. The van der Waals surface area contributed by atoms with Gasteiger partial charge in [-0.2, -0.15) is 4.98 Å². The molecule has 5 rings (SSSR count). The van der Waals surface area contributed by atoms with Gasteiger partial charge in [0, 0.05) is 44.1 Å². The van der Waals surface area contributed by atoms with E-state index in [4.69, 9.17) is 9.51 Å². The minimum Gasteiger partial charge on any atom is -0.356 e. The van der Waals surface area contributed by atoms with Crippen molar-refractivity contribution in [2.75, 3.05) is 18.0 Å². The largest absolute Gasteiger partial charge is 0.356 e. The van der Waals surface area contributed by atoms with Gasteiger partial charge in [-0.05, 0) is 50.7 Å². The Hall–Kier alpha value is -2.70. The van der Waals surface area contributed by atoms with Gasteiger partial charge in [-0.1, -0.05) is 5.16 Å². The topological polar surface area (TPSA) is 72.9 Å². The lowest BCUT2D eigenvalue weighted by Gasteiger charge is -2.33. The Morgan fingerprint density at radius 1 is 1.19 bits per heavy atom. The molecule has 1 saturated heterocycles. The third-order valence-corrected chi connectivity index (χ3v) is 5.53. The predicted octanol–water partition coefficient (Wildman–Crippen LogP) is 3.43. The van der Waals surface area contributed by atoms with Gasteiger partial charge in [0.15, 0.2) is 5.82 Å². The van der Waals surface area contributed by atoms with Crippen molar-refractivity contribution in [1.82, 2.24) is 24.7 Å². The van der Waals surface area contributed by atoms with Gasteiger partial charge in [-0.3, -0.25) is 0 Å². The van der Waals surface area contributed by atoms with Crippen molar-refractivity contribution in [1.29, 1.82) is 0 Å². The van der Waals surface area contributed by atoms with E-state index in [1.807, 2.05) is 31.5 Å². The van der Waals surface area contributed by atoms with Crippen molar-refractivity contribution >= 4 is 5.82 Å². The van der Waals surface area contributed by atoms with Crippen LogP contribution in [0.3, 0.4) is 0 Å². The van der Waals surface area contributed by atoms with Crippen LogP contribution in [0.25, 0.3) is 11.5 Å². The summed E-state index contributed by atoms with van der Waals surface area (Å²) in [6.45, 7) is 4.94. The van der Waals surface area contributed by atoms with Crippen LogP contribution in [0.1, 0.15) is 43.3 Å². The molecule has 0 N–H and O–H groups in total. The molecule has 0 spiro atoms. The smallest absolute Gasteiger partial charge is 0.259 e. The van der Waals surface area contributed by atoms with Crippen molar-refractivity contribution in [3.8, 4) is 11.5 Å². The monoisotopic (exact) mass is 364 g/mol. The van der Waals surface area contributed by atoms with Crippen molar-refractivity contribution in [3.05, 3.63) is 42.4 Å². The molecule has 0 amide bonds. The molecule has 2 aliphatic rings. The Bertz CT molecular complexity index is 911. The molecule has 0 aromatic carbocycles. The third kappa shape index (κ3) is 3.46. The summed E-state index contributed by atoms with van der Waals surface area (Å²) < 4.78 is 7.60. The lowest BCUT2D eigenvalue weighted by molar-refractivity contribution is 0.425. The number of aryl methyl sites for hydroxylation is 1. The highest BCUT2D eigenvalue weighted by atomic mass is 16.5. The van der Waals surface area contributed by atoms with Crippen LogP contribution in [-0.4, -0.2) is 37.8 Å². The Kier molecular flexibility index (Phi) is 4.14. The summed E-state index contributed by atoms with van der Waals surface area (Å²) in [4.78, 5) is 16.0. The first-order chi connectivity index (χ1) is 13.3. The van der Waals surface area contributed by atoms with Crippen LogP contribution >= 0.6 is 0 Å². The van der Waals surface area contributed by atoms with E-state index in [1.54, 1.807) is 0 Å². The number of hydrogen-bond donors (Lipinski definition) is 0. The van der Waals surface area contributed by atoms with Crippen LogP contribution in [0.5, 0.6) is 0 Å². The summed E-state index contributed by atoms with van der Waals surface area (Å²) in [6.07, 6.45) is 11.0. The molecule has 1 saturated carbocycles. The summed E-state index contributed by atoms with van der Waals surface area (Å²) >= 11 is 0. The van der Waals surface area contributed by atoms with Gasteiger partial charge in [0.2, 0.25) is 0 Å². The van der Waals surface area contributed by atoms with E-state index in [2.05, 4.69) is 30.8 Å². The zero-order valence-electron chi connectivity index (χ0n) is 15.6. The van der Waals surface area contributed by atoms with E-state index < -0.39 is 0 Å². The number of rotatable bonds is 5. The van der Waals surface area contributed by atoms with Gasteiger partial charge in [0.1, 0.15) is 11.6 Å². The molecule has 3 aromatic heterocycles. The average molecular weight is 364 g/mol. The van der Waals surface area contributed by atoms with Gasteiger partial charge in [0.05, 0.1) is 5.56 Å². The van der Waals surface area contributed by atoms with Crippen molar-refractivity contribution in [3.63, 3.8) is 0 Å². The molecule has 0 radical (unpaired) electrons. The molecule has 4 heterocycles. The maximum absolute atomic E-state index is 5.23.